The Labute approximate surface area is 64.4 Å². The molecule has 0 unspecified atom stereocenters. The van der Waals surface area contributed by atoms with Crippen molar-refractivity contribution in [2.45, 2.75) is 26.7 Å². The zero-order valence-electron chi connectivity index (χ0n) is 7.24. The standard InChI is InChI=1S/C4H9N.C4H11N/c1-2-4-5-3-1;1-3-5-4-2/h5H,1-4H2;5H,3-4H2,1-2H3. The van der Waals surface area contributed by atoms with Crippen LogP contribution in [0.15, 0.2) is 0 Å². The predicted molar refractivity (Wildman–Crippen MR) is 46.3 cm³/mol. The minimum absolute atomic E-state index is 1.09. The van der Waals surface area contributed by atoms with Gasteiger partial charge in [-0.3, -0.25) is 0 Å². The molecule has 1 saturated heterocycles. The van der Waals surface area contributed by atoms with Crippen LogP contribution in [0.5, 0.6) is 0 Å². The fraction of sp³-hybridized carbons (Fsp3) is 1.00. The highest BCUT2D eigenvalue weighted by Crippen LogP contribution is 1.90. The second-order valence-electron chi connectivity index (χ2n) is 2.41. The van der Waals surface area contributed by atoms with E-state index in [0.717, 1.165) is 13.1 Å². The molecule has 1 aliphatic heterocycles. The van der Waals surface area contributed by atoms with Crippen molar-refractivity contribution in [2.75, 3.05) is 26.2 Å². The molecule has 10 heavy (non-hydrogen) atoms. The first kappa shape index (κ1) is 9.92. The first-order valence-corrected chi connectivity index (χ1v) is 4.33. The molecule has 0 aromatic carbocycles. The van der Waals surface area contributed by atoms with E-state index in [1.807, 2.05) is 0 Å². The molecule has 2 N–H and O–H groups in total. The van der Waals surface area contributed by atoms with Crippen LogP contribution < -0.4 is 10.6 Å². The quantitative estimate of drug-likeness (QED) is 0.604. The van der Waals surface area contributed by atoms with Gasteiger partial charge < -0.3 is 10.6 Å². The Bertz CT molecular complexity index is 41.6. The molecule has 0 aliphatic carbocycles. The van der Waals surface area contributed by atoms with Gasteiger partial charge in [-0.25, -0.2) is 0 Å². The van der Waals surface area contributed by atoms with E-state index in [9.17, 15) is 0 Å². The summed E-state index contributed by atoms with van der Waals surface area (Å²) in [6.45, 7) is 8.89. The molecule has 1 fully saturated rings. The van der Waals surface area contributed by atoms with Crippen molar-refractivity contribution in [1.82, 2.24) is 10.6 Å². The van der Waals surface area contributed by atoms with Gasteiger partial charge in [0.05, 0.1) is 0 Å². The Kier molecular flexibility index (Phi) is 8.85. The van der Waals surface area contributed by atoms with Crippen LogP contribution in [0.4, 0.5) is 0 Å². The zero-order chi connectivity index (χ0) is 7.66. The molecule has 1 rings (SSSR count). The van der Waals surface area contributed by atoms with E-state index in [1.54, 1.807) is 0 Å². The molecule has 2 nitrogen and oxygen atoms in total. The molecule has 62 valence electrons. The van der Waals surface area contributed by atoms with Crippen molar-refractivity contribution < 1.29 is 0 Å². The number of rotatable bonds is 2. The molecule has 1 aliphatic rings. The van der Waals surface area contributed by atoms with Gasteiger partial charge in [0.2, 0.25) is 0 Å². The van der Waals surface area contributed by atoms with Gasteiger partial charge in [-0.2, -0.15) is 0 Å². The Balaban J connectivity index is 0.000000162. The van der Waals surface area contributed by atoms with E-state index in [0.29, 0.717) is 0 Å². The third-order valence-corrected chi connectivity index (χ3v) is 1.46. The lowest BCUT2D eigenvalue weighted by Crippen LogP contribution is -2.09. The van der Waals surface area contributed by atoms with Crippen LogP contribution in [0, 0.1) is 0 Å². The second-order valence-corrected chi connectivity index (χ2v) is 2.41. The van der Waals surface area contributed by atoms with Gasteiger partial charge in [0.1, 0.15) is 0 Å². The Hall–Kier alpha value is -0.0800. The van der Waals surface area contributed by atoms with Gasteiger partial charge in [-0.1, -0.05) is 13.8 Å². The lowest BCUT2D eigenvalue weighted by atomic mass is 10.4. The molecule has 0 aromatic heterocycles. The summed E-state index contributed by atoms with van der Waals surface area (Å²) in [4.78, 5) is 0. The number of nitrogens with one attached hydrogen (secondary N) is 2. The highest BCUT2D eigenvalue weighted by atomic mass is 14.9. The minimum atomic E-state index is 1.09. The Morgan fingerprint density at radius 1 is 1.10 bits per heavy atom. The van der Waals surface area contributed by atoms with Crippen molar-refractivity contribution in [3.05, 3.63) is 0 Å². The topological polar surface area (TPSA) is 24.1 Å². The van der Waals surface area contributed by atoms with Crippen molar-refractivity contribution >= 4 is 0 Å². The summed E-state index contributed by atoms with van der Waals surface area (Å²) < 4.78 is 0. The van der Waals surface area contributed by atoms with Crippen molar-refractivity contribution in [1.29, 1.82) is 0 Å². The van der Waals surface area contributed by atoms with Gasteiger partial charge in [-0.15, -0.1) is 0 Å². The molecule has 0 aromatic rings. The van der Waals surface area contributed by atoms with Gasteiger partial charge in [0, 0.05) is 0 Å². The first-order chi connectivity index (χ1) is 4.91. The molecule has 0 spiro atoms. The molecule has 0 saturated carbocycles. The van der Waals surface area contributed by atoms with Crippen LogP contribution in [-0.4, -0.2) is 26.2 Å². The summed E-state index contributed by atoms with van der Waals surface area (Å²) in [6.07, 6.45) is 2.78. The fourth-order valence-electron chi connectivity index (χ4n) is 0.875. The smallest absolute Gasteiger partial charge is 0.00484 e. The van der Waals surface area contributed by atoms with Crippen LogP contribution in [0.2, 0.25) is 0 Å². The highest BCUT2D eigenvalue weighted by Gasteiger charge is 1.93. The monoisotopic (exact) mass is 144 g/mol. The summed E-state index contributed by atoms with van der Waals surface area (Å²) in [5.41, 5.74) is 0. The maximum atomic E-state index is 3.22. The van der Waals surface area contributed by atoms with Crippen LogP contribution in [0.1, 0.15) is 26.7 Å². The summed E-state index contributed by atoms with van der Waals surface area (Å²) >= 11 is 0. The van der Waals surface area contributed by atoms with Crippen molar-refractivity contribution in [2.24, 2.45) is 0 Å². The number of hydrogen-bond donors (Lipinski definition) is 2. The van der Waals surface area contributed by atoms with Gasteiger partial charge in [0.15, 0.2) is 0 Å². The molecule has 0 radical (unpaired) electrons. The third kappa shape index (κ3) is 7.92. The van der Waals surface area contributed by atoms with Gasteiger partial charge in [-0.05, 0) is 39.0 Å². The second kappa shape index (κ2) is 8.92. The van der Waals surface area contributed by atoms with Crippen LogP contribution in [-0.2, 0) is 0 Å². The Morgan fingerprint density at radius 2 is 1.60 bits per heavy atom. The van der Waals surface area contributed by atoms with Crippen molar-refractivity contribution in [3.8, 4) is 0 Å². The van der Waals surface area contributed by atoms with E-state index in [-0.39, 0.29) is 0 Å². The van der Waals surface area contributed by atoms with E-state index >= 15 is 0 Å². The third-order valence-electron chi connectivity index (χ3n) is 1.46. The highest BCUT2D eigenvalue weighted by molar-refractivity contribution is 4.55. The molecule has 0 bridgehead atoms. The van der Waals surface area contributed by atoms with Crippen LogP contribution in [0.3, 0.4) is 0 Å². The Morgan fingerprint density at radius 3 is 1.70 bits per heavy atom. The largest absolute Gasteiger partial charge is 0.317 e. The molecule has 0 atom stereocenters. The predicted octanol–water partition coefficient (Wildman–Crippen LogP) is 0.986. The zero-order valence-corrected chi connectivity index (χ0v) is 7.24. The number of hydrogen-bond acceptors (Lipinski definition) is 2. The van der Waals surface area contributed by atoms with E-state index < -0.39 is 0 Å². The normalized spacial score (nSPS) is 16.2. The summed E-state index contributed by atoms with van der Waals surface area (Å²) in [7, 11) is 0. The molecular weight excluding hydrogens is 124 g/mol. The molecule has 2 heteroatoms. The maximum Gasteiger partial charge on any atom is -0.00484 e. The SMILES string of the molecule is C1CCNC1.CCNCC. The van der Waals surface area contributed by atoms with Crippen LogP contribution in [0.25, 0.3) is 0 Å². The lowest BCUT2D eigenvalue weighted by molar-refractivity contribution is 0.762. The maximum absolute atomic E-state index is 3.22. The lowest BCUT2D eigenvalue weighted by Gasteiger charge is -1.86. The van der Waals surface area contributed by atoms with Gasteiger partial charge >= 0.3 is 0 Å². The van der Waals surface area contributed by atoms with Gasteiger partial charge in [0.25, 0.3) is 0 Å². The minimum Gasteiger partial charge on any atom is -0.317 e. The molecule has 1 heterocycles. The van der Waals surface area contributed by atoms with Crippen molar-refractivity contribution in [3.63, 3.8) is 0 Å². The summed E-state index contributed by atoms with van der Waals surface area (Å²) in [5, 5.41) is 6.33. The average molecular weight is 144 g/mol. The van der Waals surface area contributed by atoms with E-state index in [1.165, 1.54) is 25.9 Å². The average Bonchev–Trinajstić information content (AvgIpc) is 2.44. The molecule has 0 amide bonds. The van der Waals surface area contributed by atoms with E-state index in [4.69, 9.17) is 0 Å². The van der Waals surface area contributed by atoms with E-state index in [2.05, 4.69) is 24.5 Å². The first-order valence-electron chi connectivity index (χ1n) is 4.33. The summed E-state index contributed by atoms with van der Waals surface area (Å²) in [6, 6.07) is 0. The van der Waals surface area contributed by atoms with Crippen LogP contribution >= 0.6 is 0 Å². The fourth-order valence-corrected chi connectivity index (χ4v) is 0.875. The molecular formula is C8H20N2. The summed E-state index contributed by atoms with van der Waals surface area (Å²) in [5.74, 6) is 0.